The second-order valence-electron chi connectivity index (χ2n) is 5.38. The first-order chi connectivity index (χ1) is 11.6. The molecule has 1 atom stereocenters. The van der Waals surface area contributed by atoms with E-state index in [1.807, 2.05) is 48.0 Å². The van der Waals surface area contributed by atoms with Crippen LogP contribution in [0.1, 0.15) is 36.6 Å². The second-order valence-corrected chi connectivity index (χ2v) is 6.16. The molecule has 4 nitrogen and oxygen atoms in total. The summed E-state index contributed by atoms with van der Waals surface area (Å²) in [5, 5.41) is 6.66. The summed E-state index contributed by atoms with van der Waals surface area (Å²) in [5.74, 6) is -0.851. The summed E-state index contributed by atoms with van der Waals surface area (Å²) in [6, 6.07) is 9.86. The molecular formula is C19H21NO3S. The van der Waals surface area contributed by atoms with E-state index in [9.17, 15) is 9.59 Å². The number of carbonyl (C=O) groups excluding carboxylic acids is 2. The Morgan fingerprint density at radius 2 is 2.00 bits per heavy atom. The zero-order valence-corrected chi connectivity index (χ0v) is 14.6. The van der Waals surface area contributed by atoms with E-state index in [2.05, 4.69) is 12.2 Å². The Morgan fingerprint density at radius 1 is 1.25 bits per heavy atom. The number of hydrogen-bond acceptors (Lipinski definition) is 4. The number of nitrogens with one attached hydrogen (secondary N) is 1. The molecular weight excluding hydrogens is 322 g/mol. The van der Waals surface area contributed by atoms with Crippen molar-refractivity contribution in [2.75, 3.05) is 6.61 Å². The van der Waals surface area contributed by atoms with Crippen molar-refractivity contribution in [1.29, 1.82) is 0 Å². The van der Waals surface area contributed by atoms with E-state index in [0.717, 1.165) is 17.5 Å². The van der Waals surface area contributed by atoms with Gasteiger partial charge in [0.25, 0.3) is 5.91 Å². The zero-order chi connectivity index (χ0) is 17.4. The van der Waals surface area contributed by atoms with E-state index in [1.54, 1.807) is 17.4 Å². The summed E-state index contributed by atoms with van der Waals surface area (Å²) in [7, 11) is 0. The highest BCUT2D eigenvalue weighted by atomic mass is 32.1. The van der Waals surface area contributed by atoms with Gasteiger partial charge in [-0.3, -0.25) is 4.79 Å². The van der Waals surface area contributed by atoms with Gasteiger partial charge in [0.15, 0.2) is 6.61 Å². The molecule has 1 aromatic heterocycles. The van der Waals surface area contributed by atoms with Crippen molar-refractivity contribution in [2.24, 2.45) is 0 Å². The maximum absolute atomic E-state index is 11.9. The number of ether oxygens (including phenoxy) is 1. The van der Waals surface area contributed by atoms with Gasteiger partial charge >= 0.3 is 5.97 Å². The van der Waals surface area contributed by atoms with E-state index >= 15 is 0 Å². The van der Waals surface area contributed by atoms with Crippen molar-refractivity contribution in [3.8, 4) is 0 Å². The van der Waals surface area contributed by atoms with Crippen molar-refractivity contribution in [3.05, 3.63) is 63.9 Å². The molecule has 2 aromatic rings. The predicted octanol–water partition coefficient (Wildman–Crippen LogP) is 3.74. The number of esters is 1. The molecule has 0 aliphatic heterocycles. The standard InChI is InChI=1S/C19H21NO3S/c1-3-15-4-7-17(8-5-15)14(2)20-18(21)12-23-19(22)9-6-16-10-11-24-13-16/h4-11,13-14H,3,12H2,1-2H3,(H,20,21)/b9-6+/t14-/m1/s1. The monoisotopic (exact) mass is 343 g/mol. The third kappa shape index (κ3) is 5.66. The zero-order valence-electron chi connectivity index (χ0n) is 13.8. The third-order valence-corrected chi connectivity index (χ3v) is 4.27. The van der Waals surface area contributed by atoms with Crippen LogP contribution in [0.5, 0.6) is 0 Å². The van der Waals surface area contributed by atoms with E-state index in [-0.39, 0.29) is 18.6 Å². The Kier molecular flexibility index (Phi) is 6.75. The average Bonchev–Trinajstić information content (AvgIpc) is 3.11. The van der Waals surface area contributed by atoms with Gasteiger partial charge in [0, 0.05) is 6.08 Å². The molecule has 126 valence electrons. The molecule has 1 heterocycles. The molecule has 2 rings (SSSR count). The lowest BCUT2D eigenvalue weighted by atomic mass is 10.1. The maximum Gasteiger partial charge on any atom is 0.331 e. The second kappa shape index (κ2) is 9.03. The van der Waals surface area contributed by atoms with E-state index in [4.69, 9.17) is 4.74 Å². The summed E-state index contributed by atoms with van der Waals surface area (Å²) in [6.07, 6.45) is 3.97. The molecule has 1 N–H and O–H groups in total. The van der Waals surface area contributed by atoms with Gasteiger partial charge in [0.05, 0.1) is 6.04 Å². The van der Waals surface area contributed by atoms with Gasteiger partial charge in [-0.25, -0.2) is 4.79 Å². The van der Waals surface area contributed by atoms with Gasteiger partial charge in [-0.2, -0.15) is 11.3 Å². The highest BCUT2D eigenvalue weighted by Gasteiger charge is 2.11. The van der Waals surface area contributed by atoms with Gasteiger partial charge in [-0.05, 0) is 52.9 Å². The summed E-state index contributed by atoms with van der Waals surface area (Å²) in [4.78, 5) is 23.5. The molecule has 0 saturated heterocycles. The number of carbonyl (C=O) groups is 2. The molecule has 1 amide bonds. The van der Waals surface area contributed by atoms with Crippen LogP contribution in [0.25, 0.3) is 6.08 Å². The summed E-state index contributed by atoms with van der Waals surface area (Å²) in [6.45, 7) is 3.71. The molecule has 0 spiro atoms. The fourth-order valence-electron chi connectivity index (χ4n) is 2.13. The minimum absolute atomic E-state index is 0.136. The fourth-order valence-corrected chi connectivity index (χ4v) is 2.76. The molecule has 0 aliphatic carbocycles. The van der Waals surface area contributed by atoms with Gasteiger partial charge in [-0.1, -0.05) is 31.2 Å². The van der Waals surface area contributed by atoms with Crippen molar-refractivity contribution in [3.63, 3.8) is 0 Å². The van der Waals surface area contributed by atoms with Crippen LogP contribution in [0.15, 0.2) is 47.2 Å². The van der Waals surface area contributed by atoms with Crippen LogP contribution in [-0.4, -0.2) is 18.5 Å². The van der Waals surface area contributed by atoms with Crippen molar-refractivity contribution >= 4 is 29.3 Å². The minimum Gasteiger partial charge on any atom is -0.452 e. The van der Waals surface area contributed by atoms with E-state index in [0.29, 0.717) is 0 Å². The first-order valence-corrected chi connectivity index (χ1v) is 8.78. The average molecular weight is 343 g/mol. The summed E-state index contributed by atoms with van der Waals surface area (Å²) < 4.78 is 4.94. The topological polar surface area (TPSA) is 55.4 Å². The molecule has 0 bridgehead atoms. The SMILES string of the molecule is CCc1ccc([C@@H](C)NC(=O)COC(=O)/C=C/c2ccsc2)cc1. The Labute approximate surface area is 146 Å². The van der Waals surface area contributed by atoms with Crippen LogP contribution in [0.3, 0.4) is 0 Å². The number of hydrogen-bond donors (Lipinski definition) is 1. The first-order valence-electron chi connectivity index (χ1n) is 7.83. The molecule has 0 fully saturated rings. The molecule has 24 heavy (non-hydrogen) atoms. The predicted molar refractivity (Wildman–Crippen MR) is 96.7 cm³/mol. The largest absolute Gasteiger partial charge is 0.452 e. The molecule has 0 radical (unpaired) electrons. The Hall–Kier alpha value is -2.40. The smallest absolute Gasteiger partial charge is 0.331 e. The lowest BCUT2D eigenvalue weighted by Gasteiger charge is -2.14. The van der Waals surface area contributed by atoms with E-state index < -0.39 is 5.97 Å². The summed E-state index contributed by atoms with van der Waals surface area (Å²) in [5.41, 5.74) is 3.21. The lowest BCUT2D eigenvalue weighted by Crippen LogP contribution is -2.30. The fraction of sp³-hybridized carbons (Fsp3) is 0.263. The Bertz CT molecular complexity index is 690. The van der Waals surface area contributed by atoms with Crippen LogP contribution in [-0.2, 0) is 20.7 Å². The Balaban J connectivity index is 1.76. The highest BCUT2D eigenvalue weighted by molar-refractivity contribution is 7.08. The van der Waals surface area contributed by atoms with Gasteiger partial charge in [0.1, 0.15) is 0 Å². The highest BCUT2D eigenvalue weighted by Crippen LogP contribution is 2.13. The summed E-state index contributed by atoms with van der Waals surface area (Å²) >= 11 is 1.55. The lowest BCUT2D eigenvalue weighted by molar-refractivity contribution is -0.144. The van der Waals surface area contributed by atoms with Crippen LogP contribution in [0.2, 0.25) is 0 Å². The first kappa shape index (κ1) is 17.9. The van der Waals surface area contributed by atoms with Gasteiger partial charge in [-0.15, -0.1) is 0 Å². The maximum atomic E-state index is 11.9. The van der Waals surface area contributed by atoms with Crippen LogP contribution < -0.4 is 5.32 Å². The molecule has 0 aliphatic rings. The van der Waals surface area contributed by atoms with Crippen molar-refractivity contribution in [2.45, 2.75) is 26.3 Å². The quantitative estimate of drug-likeness (QED) is 0.615. The van der Waals surface area contributed by atoms with Crippen LogP contribution in [0.4, 0.5) is 0 Å². The minimum atomic E-state index is -0.531. The van der Waals surface area contributed by atoms with Crippen molar-refractivity contribution in [1.82, 2.24) is 5.32 Å². The molecule has 0 unspecified atom stereocenters. The van der Waals surface area contributed by atoms with E-state index in [1.165, 1.54) is 11.6 Å². The van der Waals surface area contributed by atoms with Crippen LogP contribution >= 0.6 is 11.3 Å². The Morgan fingerprint density at radius 3 is 2.62 bits per heavy atom. The third-order valence-electron chi connectivity index (χ3n) is 3.57. The number of amides is 1. The normalized spacial score (nSPS) is 12.1. The van der Waals surface area contributed by atoms with Gasteiger partial charge in [0.2, 0.25) is 0 Å². The van der Waals surface area contributed by atoms with Crippen molar-refractivity contribution < 1.29 is 14.3 Å². The molecule has 5 heteroatoms. The molecule has 1 aromatic carbocycles. The number of aryl methyl sites for hydroxylation is 1. The number of benzene rings is 1. The van der Waals surface area contributed by atoms with Gasteiger partial charge < -0.3 is 10.1 Å². The number of rotatable bonds is 7. The van der Waals surface area contributed by atoms with Crippen LogP contribution in [0, 0.1) is 0 Å². The number of thiophene rings is 1. The molecule has 0 saturated carbocycles.